The van der Waals surface area contributed by atoms with Gasteiger partial charge in [0.25, 0.3) is 0 Å². The highest BCUT2D eigenvalue weighted by atomic mass is 35.5. The Morgan fingerprint density at radius 1 is 1.20 bits per heavy atom. The van der Waals surface area contributed by atoms with Gasteiger partial charge in [-0.15, -0.1) is 0 Å². The number of hydrogen-bond donors (Lipinski definition) is 1. The zero-order valence-corrected chi connectivity index (χ0v) is 13.8. The number of rotatable bonds is 2. The molecule has 0 saturated carbocycles. The van der Waals surface area contributed by atoms with E-state index in [1.807, 2.05) is 34.6 Å². The minimum atomic E-state index is -0.358. The van der Waals surface area contributed by atoms with Crippen molar-refractivity contribution in [3.05, 3.63) is 28.2 Å². The third-order valence-corrected chi connectivity index (χ3v) is 2.86. The van der Waals surface area contributed by atoms with Crippen molar-refractivity contribution in [2.75, 3.05) is 5.01 Å². The summed E-state index contributed by atoms with van der Waals surface area (Å²) in [5, 5.41) is 9.19. The summed E-state index contributed by atoms with van der Waals surface area (Å²) >= 11 is 11.9. The number of benzene rings is 1. The average Bonchev–Trinajstić information content (AvgIpc) is 2.27. The van der Waals surface area contributed by atoms with E-state index in [4.69, 9.17) is 23.2 Å². The van der Waals surface area contributed by atoms with Crippen molar-refractivity contribution in [3.63, 3.8) is 0 Å². The van der Waals surface area contributed by atoms with Gasteiger partial charge in [0, 0.05) is 11.3 Å². The summed E-state index contributed by atoms with van der Waals surface area (Å²) in [6.07, 6.45) is 0. The molecule has 1 rings (SSSR count). The van der Waals surface area contributed by atoms with Crippen molar-refractivity contribution in [1.82, 2.24) is 5.32 Å². The Bertz CT molecular complexity index is 532. The largest absolute Gasteiger partial charge is 0.343 e. The maximum Gasteiger partial charge on any atom is 0.343 e. The summed E-state index contributed by atoms with van der Waals surface area (Å²) in [6.45, 7) is 9.34. The number of anilines is 1. The van der Waals surface area contributed by atoms with E-state index in [1.165, 1.54) is 5.01 Å². The second kappa shape index (κ2) is 6.46. The molecular formula is C14H19Cl2N3O. The summed E-state index contributed by atoms with van der Waals surface area (Å²) in [5.41, 5.74) is 0.949. The van der Waals surface area contributed by atoms with Crippen LogP contribution in [-0.2, 0) is 0 Å². The van der Waals surface area contributed by atoms with E-state index in [0.29, 0.717) is 15.7 Å². The molecule has 0 aliphatic rings. The smallest absolute Gasteiger partial charge is 0.332 e. The minimum Gasteiger partial charge on any atom is -0.332 e. The van der Waals surface area contributed by atoms with E-state index < -0.39 is 0 Å². The van der Waals surface area contributed by atoms with Crippen molar-refractivity contribution in [1.29, 1.82) is 0 Å². The van der Waals surface area contributed by atoms with E-state index in [2.05, 4.69) is 10.4 Å². The monoisotopic (exact) mass is 315 g/mol. The number of carbonyl (C=O) groups is 1. The predicted octanol–water partition coefficient (Wildman–Crippen LogP) is 4.70. The first-order chi connectivity index (χ1) is 9.10. The number of urea groups is 1. The molecule has 0 unspecified atom stereocenters. The molecule has 6 heteroatoms. The lowest BCUT2D eigenvalue weighted by Gasteiger charge is -2.25. The zero-order valence-electron chi connectivity index (χ0n) is 12.3. The molecule has 110 valence electrons. The standard InChI is InChI=1S/C14H19Cl2N3O/c1-9(2)18-19(13(20)17-14(3,4)5)10-6-7-11(15)12(16)8-10/h6-8H,1-5H3,(H,17,20). The SMILES string of the molecule is CC(C)=NN(C(=O)NC(C)(C)C)c1ccc(Cl)c(Cl)c1. The molecule has 0 aliphatic carbocycles. The van der Waals surface area contributed by atoms with Gasteiger partial charge in [0.1, 0.15) is 0 Å². The molecule has 1 N–H and O–H groups in total. The summed E-state index contributed by atoms with van der Waals surface area (Å²) in [6, 6.07) is 4.62. The fraction of sp³-hybridized carbons (Fsp3) is 0.429. The van der Waals surface area contributed by atoms with Crippen molar-refractivity contribution < 1.29 is 4.79 Å². The van der Waals surface area contributed by atoms with Gasteiger partial charge in [0.2, 0.25) is 0 Å². The summed E-state index contributed by atoms with van der Waals surface area (Å²) in [4.78, 5) is 12.3. The lowest BCUT2D eigenvalue weighted by atomic mass is 10.1. The average molecular weight is 316 g/mol. The Balaban J connectivity index is 3.15. The molecule has 0 aliphatic heterocycles. The van der Waals surface area contributed by atoms with Crippen molar-refractivity contribution in [3.8, 4) is 0 Å². The molecule has 0 aromatic heterocycles. The van der Waals surface area contributed by atoms with E-state index in [-0.39, 0.29) is 11.6 Å². The predicted molar refractivity (Wildman–Crippen MR) is 86.0 cm³/mol. The highest BCUT2D eigenvalue weighted by molar-refractivity contribution is 6.42. The van der Waals surface area contributed by atoms with E-state index in [9.17, 15) is 4.79 Å². The molecule has 0 spiro atoms. The molecule has 0 heterocycles. The maximum atomic E-state index is 12.3. The van der Waals surface area contributed by atoms with Crippen LogP contribution in [0.5, 0.6) is 0 Å². The topological polar surface area (TPSA) is 44.7 Å². The van der Waals surface area contributed by atoms with Crippen LogP contribution in [0, 0.1) is 0 Å². The molecule has 0 saturated heterocycles. The molecular weight excluding hydrogens is 297 g/mol. The first kappa shape index (κ1) is 16.8. The van der Waals surface area contributed by atoms with Crippen LogP contribution in [0.2, 0.25) is 10.0 Å². The number of nitrogens with zero attached hydrogens (tertiary/aromatic N) is 2. The lowest BCUT2D eigenvalue weighted by molar-refractivity contribution is 0.238. The summed E-state index contributed by atoms with van der Waals surface area (Å²) in [5.74, 6) is 0. The third kappa shape index (κ3) is 5.02. The van der Waals surface area contributed by atoms with Crippen LogP contribution >= 0.6 is 23.2 Å². The molecule has 20 heavy (non-hydrogen) atoms. The molecule has 0 atom stereocenters. The number of carbonyl (C=O) groups excluding carboxylic acids is 1. The van der Waals surface area contributed by atoms with Crippen molar-refractivity contribution in [2.45, 2.75) is 40.2 Å². The Morgan fingerprint density at radius 3 is 2.25 bits per heavy atom. The lowest BCUT2D eigenvalue weighted by Crippen LogP contribution is -2.47. The molecule has 0 fully saturated rings. The fourth-order valence-electron chi connectivity index (χ4n) is 1.41. The van der Waals surface area contributed by atoms with Gasteiger partial charge in [-0.25, -0.2) is 4.79 Å². The van der Waals surface area contributed by atoms with Crippen LogP contribution in [0.4, 0.5) is 10.5 Å². The zero-order chi connectivity index (χ0) is 15.5. The van der Waals surface area contributed by atoms with Crippen molar-refractivity contribution in [2.24, 2.45) is 5.10 Å². The maximum absolute atomic E-state index is 12.3. The number of hydrogen-bond acceptors (Lipinski definition) is 2. The van der Waals surface area contributed by atoms with Crippen LogP contribution in [0.1, 0.15) is 34.6 Å². The Labute approximate surface area is 129 Å². The Morgan fingerprint density at radius 2 is 1.80 bits per heavy atom. The summed E-state index contributed by atoms with van der Waals surface area (Å²) in [7, 11) is 0. The van der Waals surface area contributed by atoms with E-state index in [1.54, 1.807) is 18.2 Å². The third-order valence-electron chi connectivity index (χ3n) is 2.12. The normalized spacial score (nSPS) is 10.9. The molecule has 2 amide bonds. The number of hydrazone groups is 1. The van der Waals surface area contributed by atoms with Gasteiger partial charge in [0.05, 0.1) is 15.7 Å². The van der Waals surface area contributed by atoms with E-state index in [0.717, 1.165) is 5.71 Å². The summed E-state index contributed by atoms with van der Waals surface area (Å²) < 4.78 is 0. The van der Waals surface area contributed by atoms with Gasteiger partial charge in [0.15, 0.2) is 0 Å². The first-order valence-corrected chi connectivity index (χ1v) is 6.95. The molecule has 1 aromatic carbocycles. The molecule has 1 aromatic rings. The van der Waals surface area contributed by atoms with Crippen molar-refractivity contribution >= 4 is 40.6 Å². The Kier molecular flexibility index (Phi) is 5.42. The van der Waals surface area contributed by atoms with Crippen LogP contribution < -0.4 is 10.3 Å². The molecule has 0 radical (unpaired) electrons. The van der Waals surface area contributed by atoms with Gasteiger partial charge >= 0.3 is 6.03 Å². The van der Waals surface area contributed by atoms with Gasteiger partial charge in [-0.05, 0) is 52.8 Å². The van der Waals surface area contributed by atoms with E-state index >= 15 is 0 Å². The van der Waals surface area contributed by atoms with Gasteiger partial charge in [-0.1, -0.05) is 23.2 Å². The van der Waals surface area contributed by atoms with Gasteiger partial charge in [-0.2, -0.15) is 10.1 Å². The highest BCUT2D eigenvalue weighted by Crippen LogP contribution is 2.27. The van der Waals surface area contributed by atoms with Crippen LogP contribution in [0.15, 0.2) is 23.3 Å². The quantitative estimate of drug-likeness (QED) is 0.623. The number of nitrogens with one attached hydrogen (secondary N) is 1. The second-order valence-corrected chi connectivity index (χ2v) is 6.45. The first-order valence-electron chi connectivity index (χ1n) is 6.19. The second-order valence-electron chi connectivity index (χ2n) is 5.64. The van der Waals surface area contributed by atoms with Gasteiger partial charge < -0.3 is 5.32 Å². The van der Waals surface area contributed by atoms with Crippen LogP contribution in [-0.4, -0.2) is 17.3 Å². The van der Waals surface area contributed by atoms with Crippen LogP contribution in [0.25, 0.3) is 0 Å². The fourth-order valence-corrected chi connectivity index (χ4v) is 1.70. The Hall–Kier alpha value is -1.26. The number of halogens is 2. The molecule has 4 nitrogen and oxygen atoms in total. The van der Waals surface area contributed by atoms with Crippen LogP contribution in [0.3, 0.4) is 0 Å². The highest BCUT2D eigenvalue weighted by Gasteiger charge is 2.21. The minimum absolute atomic E-state index is 0.322. The number of amides is 2. The molecule has 0 bridgehead atoms. The van der Waals surface area contributed by atoms with Gasteiger partial charge in [-0.3, -0.25) is 0 Å².